The number of aromatic nitrogens is 1. The van der Waals surface area contributed by atoms with Crippen molar-refractivity contribution in [1.82, 2.24) is 15.2 Å². The number of pyridine rings is 1. The number of rotatable bonds is 12. The van der Waals surface area contributed by atoms with Gasteiger partial charge in [0.05, 0.1) is 30.5 Å². The van der Waals surface area contributed by atoms with E-state index in [0.29, 0.717) is 18.7 Å². The second kappa shape index (κ2) is 16.3. The van der Waals surface area contributed by atoms with E-state index in [1.54, 1.807) is 24.5 Å². The average molecular weight is 672 g/mol. The Morgan fingerprint density at radius 1 is 0.860 bits per heavy atom. The molecule has 1 saturated heterocycles. The highest BCUT2D eigenvalue weighted by Gasteiger charge is 2.39. The lowest BCUT2D eigenvalue weighted by Crippen LogP contribution is -2.46. The molecule has 0 unspecified atom stereocenters. The summed E-state index contributed by atoms with van der Waals surface area (Å²) in [5.74, 6) is -0.154. The van der Waals surface area contributed by atoms with Crippen LogP contribution in [0, 0.1) is 5.92 Å². The lowest BCUT2D eigenvalue weighted by Gasteiger charge is -2.43. The van der Waals surface area contributed by atoms with Crippen LogP contribution in [0.4, 0.5) is 0 Å². The average Bonchev–Trinajstić information content (AvgIpc) is 3.18. The van der Waals surface area contributed by atoms with E-state index in [0.717, 1.165) is 38.9 Å². The van der Waals surface area contributed by atoms with Crippen molar-refractivity contribution >= 4 is 5.91 Å². The van der Waals surface area contributed by atoms with E-state index in [4.69, 9.17) is 9.47 Å². The zero-order valence-electron chi connectivity index (χ0n) is 28.7. The fourth-order valence-corrected chi connectivity index (χ4v) is 6.42. The molecule has 0 spiro atoms. The number of aliphatic hydroxyl groups is 2. The van der Waals surface area contributed by atoms with Crippen LogP contribution in [0.15, 0.2) is 128 Å². The topological polar surface area (TPSA) is 104 Å². The SMILES string of the molecule is C[C@@H]1[C@H](CN(C)[C@H](C)[C@@H](O)c2ccccc2)O[C@H](c2ccc(-c3cccc(CNC(=O)c4cccnc4)c3)cc2)O[C@@H]1c1ccc(CO)cc1. The van der Waals surface area contributed by atoms with Gasteiger partial charge in [-0.2, -0.15) is 0 Å². The van der Waals surface area contributed by atoms with Gasteiger partial charge in [0.1, 0.15) is 0 Å². The van der Waals surface area contributed by atoms with E-state index in [-0.39, 0.29) is 36.7 Å². The minimum atomic E-state index is -0.641. The van der Waals surface area contributed by atoms with Gasteiger partial charge in [-0.15, -0.1) is 0 Å². The highest BCUT2D eigenvalue weighted by molar-refractivity contribution is 5.93. The van der Waals surface area contributed by atoms with Gasteiger partial charge in [-0.1, -0.05) is 104 Å². The second-order valence-electron chi connectivity index (χ2n) is 13.1. The van der Waals surface area contributed by atoms with Crippen LogP contribution in [0.5, 0.6) is 0 Å². The van der Waals surface area contributed by atoms with Gasteiger partial charge in [0.25, 0.3) is 5.91 Å². The first kappa shape index (κ1) is 35.1. The molecule has 0 bridgehead atoms. The molecule has 8 heteroatoms. The molecule has 8 nitrogen and oxygen atoms in total. The summed E-state index contributed by atoms with van der Waals surface area (Å²) in [6.45, 7) is 5.16. The molecule has 0 radical (unpaired) electrons. The minimum absolute atomic E-state index is 0.00963. The van der Waals surface area contributed by atoms with Crippen molar-refractivity contribution in [3.05, 3.63) is 161 Å². The third-order valence-electron chi connectivity index (χ3n) is 9.70. The van der Waals surface area contributed by atoms with Crippen molar-refractivity contribution in [1.29, 1.82) is 0 Å². The van der Waals surface area contributed by atoms with Crippen molar-refractivity contribution in [3.8, 4) is 11.1 Å². The number of nitrogens with one attached hydrogen (secondary N) is 1. The van der Waals surface area contributed by atoms with E-state index in [1.807, 2.05) is 92.8 Å². The molecule has 1 amide bonds. The molecule has 6 rings (SSSR count). The molecule has 1 fully saturated rings. The molecule has 3 N–H and O–H groups in total. The molecule has 0 aliphatic carbocycles. The second-order valence-corrected chi connectivity index (χ2v) is 13.1. The standard InChI is InChI=1S/C42H45N3O5/c1-28-38(26-45(3)29(2)39(47)33-10-5-4-6-11-33)49-42(50-40(28)34-16-14-30(27-46)15-17-34)35-20-18-32(19-21-35)36-12-7-9-31(23-36)24-44-41(48)37-13-8-22-43-25-37/h4-23,25,28-29,38-40,42,46-47H,24,26-27H2,1-3H3,(H,44,48)/t28-,29-,38+,39-,40+,42+/m1/s1. The predicted octanol–water partition coefficient (Wildman–Crippen LogP) is 7.02. The summed E-state index contributed by atoms with van der Waals surface area (Å²) in [4.78, 5) is 18.7. The molecular weight excluding hydrogens is 626 g/mol. The smallest absolute Gasteiger partial charge is 0.253 e. The third kappa shape index (κ3) is 8.35. The quantitative estimate of drug-likeness (QED) is 0.131. The van der Waals surface area contributed by atoms with Crippen LogP contribution in [-0.4, -0.2) is 51.7 Å². The maximum Gasteiger partial charge on any atom is 0.253 e. The molecule has 1 aliphatic heterocycles. The molecular formula is C42H45N3O5. The highest BCUT2D eigenvalue weighted by Crippen LogP contribution is 2.42. The molecule has 2 heterocycles. The molecule has 1 aliphatic rings. The monoisotopic (exact) mass is 671 g/mol. The molecule has 4 aromatic carbocycles. The summed E-state index contributed by atoms with van der Waals surface area (Å²) in [7, 11) is 2.02. The van der Waals surface area contributed by atoms with Crippen LogP contribution in [-0.2, 0) is 22.6 Å². The summed E-state index contributed by atoms with van der Waals surface area (Å²) in [5, 5.41) is 23.7. The molecule has 5 aromatic rings. The largest absolute Gasteiger partial charge is 0.392 e. The molecule has 50 heavy (non-hydrogen) atoms. The Morgan fingerprint density at radius 2 is 1.60 bits per heavy atom. The van der Waals surface area contributed by atoms with Crippen LogP contribution < -0.4 is 5.32 Å². The maximum atomic E-state index is 12.5. The summed E-state index contributed by atoms with van der Waals surface area (Å²) in [5.41, 5.74) is 7.25. The van der Waals surface area contributed by atoms with Gasteiger partial charge in [0.2, 0.25) is 0 Å². The van der Waals surface area contributed by atoms with E-state index in [1.165, 1.54) is 0 Å². The van der Waals surface area contributed by atoms with Crippen LogP contribution in [0.25, 0.3) is 11.1 Å². The first-order chi connectivity index (χ1) is 24.3. The van der Waals surface area contributed by atoms with Gasteiger partial charge in [0.15, 0.2) is 6.29 Å². The number of hydrogen-bond donors (Lipinski definition) is 3. The molecule has 0 saturated carbocycles. The summed E-state index contributed by atoms with van der Waals surface area (Å²) >= 11 is 0. The highest BCUT2D eigenvalue weighted by atomic mass is 16.7. The van der Waals surface area contributed by atoms with Crippen LogP contribution >= 0.6 is 0 Å². The van der Waals surface area contributed by atoms with Crippen LogP contribution in [0.3, 0.4) is 0 Å². The van der Waals surface area contributed by atoms with E-state index >= 15 is 0 Å². The van der Waals surface area contributed by atoms with Gasteiger partial charge in [-0.25, -0.2) is 0 Å². The zero-order valence-corrected chi connectivity index (χ0v) is 28.7. The van der Waals surface area contributed by atoms with Gasteiger partial charge in [-0.05, 0) is 65.6 Å². The van der Waals surface area contributed by atoms with Crippen molar-refractivity contribution in [3.63, 3.8) is 0 Å². The third-order valence-corrected chi connectivity index (χ3v) is 9.70. The van der Waals surface area contributed by atoms with Gasteiger partial charge >= 0.3 is 0 Å². The van der Waals surface area contributed by atoms with Crippen molar-refractivity contribution in [2.45, 2.75) is 57.6 Å². The lowest BCUT2D eigenvalue weighted by molar-refractivity contribution is -0.276. The number of amides is 1. The Bertz CT molecular complexity index is 1820. The molecule has 1 aromatic heterocycles. The van der Waals surface area contributed by atoms with Crippen LogP contribution in [0.2, 0.25) is 0 Å². The Labute approximate surface area is 294 Å². The molecule has 258 valence electrons. The minimum Gasteiger partial charge on any atom is -0.392 e. The lowest BCUT2D eigenvalue weighted by atomic mass is 9.89. The number of likely N-dealkylation sites (N-methyl/N-ethyl adjacent to an activating group) is 1. The Kier molecular flexibility index (Phi) is 11.5. The zero-order chi connectivity index (χ0) is 35.0. The number of aliphatic hydroxyl groups excluding tert-OH is 2. The summed E-state index contributed by atoms with van der Waals surface area (Å²) in [6.07, 6.45) is 1.52. The number of carbonyl (C=O) groups is 1. The van der Waals surface area contributed by atoms with Crippen molar-refractivity contribution in [2.75, 3.05) is 13.6 Å². The fraction of sp³-hybridized carbons (Fsp3) is 0.286. The maximum absolute atomic E-state index is 12.5. The summed E-state index contributed by atoms with van der Waals surface area (Å²) < 4.78 is 13.4. The summed E-state index contributed by atoms with van der Waals surface area (Å²) in [6, 6.07) is 37.3. The number of nitrogens with zero attached hydrogens (tertiary/aromatic N) is 2. The predicted molar refractivity (Wildman–Crippen MR) is 194 cm³/mol. The van der Waals surface area contributed by atoms with E-state index in [2.05, 4.69) is 46.4 Å². The number of carbonyl (C=O) groups excluding carboxylic acids is 1. The van der Waals surface area contributed by atoms with Gasteiger partial charge in [0, 0.05) is 43.0 Å². The number of hydrogen-bond acceptors (Lipinski definition) is 7. The number of ether oxygens (including phenoxy) is 2. The normalized spacial score (nSPS) is 20.3. The van der Waals surface area contributed by atoms with Gasteiger partial charge < -0.3 is 25.0 Å². The Morgan fingerprint density at radius 3 is 2.30 bits per heavy atom. The van der Waals surface area contributed by atoms with Gasteiger partial charge in [-0.3, -0.25) is 14.7 Å². The first-order valence-electron chi connectivity index (χ1n) is 17.1. The molecule has 6 atom stereocenters. The van der Waals surface area contributed by atoms with Crippen LogP contribution in [0.1, 0.15) is 70.5 Å². The van der Waals surface area contributed by atoms with E-state index in [9.17, 15) is 15.0 Å². The Hall–Kier alpha value is -4.70. The van der Waals surface area contributed by atoms with Crippen molar-refractivity contribution in [2.24, 2.45) is 5.92 Å². The first-order valence-corrected chi connectivity index (χ1v) is 17.1. The van der Waals surface area contributed by atoms with Crippen molar-refractivity contribution < 1.29 is 24.5 Å². The fourth-order valence-electron chi connectivity index (χ4n) is 6.42. The Balaban J connectivity index is 1.19. The van der Waals surface area contributed by atoms with E-state index < -0.39 is 12.4 Å². The number of benzene rings is 4.